The fraction of sp³-hybridized carbons (Fsp3) is 0.381. The van der Waals surface area contributed by atoms with Crippen molar-refractivity contribution in [1.82, 2.24) is 14.5 Å². The highest BCUT2D eigenvalue weighted by Crippen LogP contribution is 2.23. The average molecular weight is 356 g/mol. The van der Waals surface area contributed by atoms with Crippen molar-refractivity contribution in [3.63, 3.8) is 0 Å². The first-order valence-corrected chi connectivity index (χ1v) is 9.50. The number of imidazole rings is 1. The van der Waals surface area contributed by atoms with Crippen LogP contribution in [0.25, 0.3) is 11.0 Å². The molecule has 0 N–H and O–H groups in total. The smallest absolute Gasteiger partial charge is 0.114 e. The van der Waals surface area contributed by atoms with Gasteiger partial charge >= 0.3 is 0 Å². The molecule has 0 unspecified atom stereocenters. The lowest BCUT2D eigenvalue weighted by molar-refractivity contribution is 0.293. The zero-order valence-corrected chi connectivity index (χ0v) is 15.8. The summed E-state index contributed by atoms with van der Waals surface area (Å²) < 4.78 is 2.34. The van der Waals surface area contributed by atoms with Crippen molar-refractivity contribution >= 4 is 22.6 Å². The second kappa shape index (κ2) is 8.50. The average Bonchev–Trinajstić information content (AvgIpc) is 2.96. The molecule has 0 aliphatic carbocycles. The molecule has 25 heavy (non-hydrogen) atoms. The number of aromatic nitrogens is 2. The maximum Gasteiger partial charge on any atom is 0.114 e. The number of hydrogen-bond donors (Lipinski definition) is 0. The van der Waals surface area contributed by atoms with Crippen molar-refractivity contribution in [3.8, 4) is 0 Å². The van der Waals surface area contributed by atoms with Crippen molar-refractivity contribution in [1.29, 1.82) is 0 Å². The highest BCUT2D eigenvalue weighted by atomic mass is 35.5. The van der Waals surface area contributed by atoms with E-state index >= 15 is 0 Å². The summed E-state index contributed by atoms with van der Waals surface area (Å²) in [5.41, 5.74) is 3.45. The van der Waals surface area contributed by atoms with E-state index in [4.69, 9.17) is 16.6 Å². The maximum atomic E-state index is 6.24. The molecule has 4 heteroatoms. The predicted molar refractivity (Wildman–Crippen MR) is 106 cm³/mol. The summed E-state index contributed by atoms with van der Waals surface area (Å²) in [6.45, 7) is 8.72. The van der Waals surface area contributed by atoms with Gasteiger partial charge in [-0.25, -0.2) is 4.98 Å². The monoisotopic (exact) mass is 355 g/mol. The highest BCUT2D eigenvalue weighted by Gasteiger charge is 2.12. The second-order valence-corrected chi connectivity index (χ2v) is 6.79. The first-order chi connectivity index (χ1) is 12.2. The van der Waals surface area contributed by atoms with Crippen LogP contribution in [0.15, 0.2) is 48.5 Å². The standard InChI is InChI=1S/C21H26ClN3/c1-3-24(4-2)13-8-14-25-20-16-18(22)11-12-19(20)23-21(25)15-17-9-6-5-7-10-17/h5-7,9-12,16H,3-4,8,13-15H2,1-2H3. The van der Waals surface area contributed by atoms with Gasteiger partial charge in [-0.1, -0.05) is 55.8 Å². The van der Waals surface area contributed by atoms with Crippen LogP contribution >= 0.6 is 11.6 Å². The van der Waals surface area contributed by atoms with Gasteiger partial charge in [0.2, 0.25) is 0 Å². The third-order valence-electron chi connectivity index (χ3n) is 4.74. The molecule has 0 radical (unpaired) electrons. The van der Waals surface area contributed by atoms with Crippen LogP contribution in [-0.2, 0) is 13.0 Å². The first-order valence-electron chi connectivity index (χ1n) is 9.12. The van der Waals surface area contributed by atoms with Crippen LogP contribution in [0.5, 0.6) is 0 Å². The topological polar surface area (TPSA) is 21.1 Å². The fourth-order valence-electron chi connectivity index (χ4n) is 3.30. The molecule has 0 fully saturated rings. The molecule has 2 aromatic carbocycles. The molecule has 1 heterocycles. The third-order valence-corrected chi connectivity index (χ3v) is 4.98. The van der Waals surface area contributed by atoms with E-state index in [0.717, 1.165) is 60.9 Å². The van der Waals surface area contributed by atoms with E-state index < -0.39 is 0 Å². The van der Waals surface area contributed by atoms with Crippen LogP contribution < -0.4 is 0 Å². The number of hydrogen-bond acceptors (Lipinski definition) is 2. The first kappa shape index (κ1) is 18.0. The van der Waals surface area contributed by atoms with Gasteiger partial charge in [-0.2, -0.15) is 0 Å². The van der Waals surface area contributed by atoms with Crippen LogP contribution in [0.4, 0.5) is 0 Å². The zero-order chi connectivity index (χ0) is 17.6. The molecule has 1 aromatic heterocycles. The van der Waals surface area contributed by atoms with Crippen molar-refractivity contribution in [2.45, 2.75) is 33.2 Å². The van der Waals surface area contributed by atoms with E-state index in [1.807, 2.05) is 18.2 Å². The minimum Gasteiger partial charge on any atom is -0.328 e. The molecule has 0 atom stereocenters. The number of halogens is 1. The largest absolute Gasteiger partial charge is 0.328 e. The summed E-state index contributed by atoms with van der Waals surface area (Å²) in [5, 5.41) is 0.767. The van der Waals surface area contributed by atoms with Crippen LogP contribution in [0, 0.1) is 0 Å². The van der Waals surface area contributed by atoms with E-state index in [1.54, 1.807) is 0 Å². The van der Waals surface area contributed by atoms with Crippen molar-refractivity contribution in [3.05, 3.63) is 64.9 Å². The summed E-state index contributed by atoms with van der Waals surface area (Å²) in [5.74, 6) is 1.11. The lowest BCUT2D eigenvalue weighted by Crippen LogP contribution is -2.25. The van der Waals surface area contributed by atoms with Gasteiger partial charge < -0.3 is 9.47 Å². The zero-order valence-electron chi connectivity index (χ0n) is 15.1. The molecule has 0 spiro atoms. The van der Waals surface area contributed by atoms with E-state index in [2.05, 4.69) is 53.6 Å². The van der Waals surface area contributed by atoms with Gasteiger partial charge in [-0.05, 0) is 49.8 Å². The molecule has 3 aromatic rings. The second-order valence-electron chi connectivity index (χ2n) is 6.36. The molecule has 0 saturated heterocycles. The highest BCUT2D eigenvalue weighted by molar-refractivity contribution is 6.31. The van der Waals surface area contributed by atoms with Gasteiger partial charge in [-0.15, -0.1) is 0 Å². The Hall–Kier alpha value is -1.84. The number of rotatable bonds is 8. The van der Waals surface area contributed by atoms with Gasteiger partial charge in [-0.3, -0.25) is 0 Å². The summed E-state index contributed by atoms with van der Waals surface area (Å²) >= 11 is 6.24. The Labute approximate surface area is 155 Å². The molecule has 0 aliphatic rings. The Kier molecular flexibility index (Phi) is 6.11. The van der Waals surface area contributed by atoms with Gasteiger partial charge in [0.15, 0.2) is 0 Å². The van der Waals surface area contributed by atoms with E-state index in [-0.39, 0.29) is 0 Å². The van der Waals surface area contributed by atoms with E-state index in [1.165, 1.54) is 5.56 Å². The summed E-state index contributed by atoms with van der Waals surface area (Å²) in [7, 11) is 0. The summed E-state index contributed by atoms with van der Waals surface area (Å²) in [4.78, 5) is 7.34. The fourth-order valence-corrected chi connectivity index (χ4v) is 3.47. The Morgan fingerprint density at radius 2 is 1.80 bits per heavy atom. The molecular weight excluding hydrogens is 330 g/mol. The van der Waals surface area contributed by atoms with Crippen molar-refractivity contribution < 1.29 is 0 Å². The van der Waals surface area contributed by atoms with Crippen LogP contribution in [0.1, 0.15) is 31.7 Å². The minimum atomic E-state index is 0.767. The van der Waals surface area contributed by atoms with E-state index in [9.17, 15) is 0 Å². The molecule has 3 rings (SSSR count). The summed E-state index contributed by atoms with van der Waals surface area (Å²) in [6.07, 6.45) is 1.96. The number of benzene rings is 2. The van der Waals surface area contributed by atoms with Crippen molar-refractivity contribution in [2.24, 2.45) is 0 Å². The maximum absolute atomic E-state index is 6.24. The Morgan fingerprint density at radius 1 is 1.04 bits per heavy atom. The molecule has 0 aliphatic heterocycles. The van der Waals surface area contributed by atoms with Crippen LogP contribution in [0.3, 0.4) is 0 Å². The van der Waals surface area contributed by atoms with Crippen LogP contribution in [-0.4, -0.2) is 34.1 Å². The van der Waals surface area contributed by atoms with Gasteiger partial charge in [0.1, 0.15) is 5.82 Å². The van der Waals surface area contributed by atoms with Crippen molar-refractivity contribution in [2.75, 3.05) is 19.6 Å². The molecular formula is C21H26ClN3. The van der Waals surface area contributed by atoms with Gasteiger partial charge in [0.05, 0.1) is 11.0 Å². The Bertz CT molecular complexity index is 807. The number of aryl methyl sites for hydroxylation is 1. The molecule has 132 valence electrons. The van der Waals surface area contributed by atoms with Crippen LogP contribution in [0.2, 0.25) is 5.02 Å². The Morgan fingerprint density at radius 3 is 2.52 bits per heavy atom. The lowest BCUT2D eigenvalue weighted by atomic mass is 10.1. The van der Waals surface area contributed by atoms with E-state index in [0.29, 0.717) is 0 Å². The minimum absolute atomic E-state index is 0.767. The summed E-state index contributed by atoms with van der Waals surface area (Å²) in [6, 6.07) is 16.5. The molecule has 0 bridgehead atoms. The third kappa shape index (κ3) is 4.42. The SMILES string of the molecule is CCN(CC)CCCn1c(Cc2ccccc2)nc2ccc(Cl)cc21. The quantitative estimate of drug-likeness (QED) is 0.566. The Balaban J connectivity index is 1.87. The van der Waals surface area contributed by atoms with Gasteiger partial charge in [0, 0.05) is 18.0 Å². The van der Waals surface area contributed by atoms with Gasteiger partial charge in [0.25, 0.3) is 0 Å². The number of fused-ring (bicyclic) bond motifs is 1. The predicted octanol–water partition coefficient (Wildman–Crippen LogP) is 5.01. The molecule has 0 amide bonds. The molecule has 3 nitrogen and oxygen atoms in total. The lowest BCUT2D eigenvalue weighted by Gasteiger charge is -2.18. The number of nitrogens with zero attached hydrogens (tertiary/aromatic N) is 3. The normalized spacial score (nSPS) is 11.5. The molecule has 0 saturated carbocycles.